The van der Waals surface area contributed by atoms with Crippen molar-refractivity contribution in [3.05, 3.63) is 157 Å². The highest BCUT2D eigenvalue weighted by Crippen LogP contribution is 2.55. The van der Waals surface area contributed by atoms with Crippen molar-refractivity contribution in [3.63, 3.8) is 0 Å². The topological polar surface area (TPSA) is 26.3 Å². The van der Waals surface area contributed by atoms with Crippen molar-refractivity contribution in [3.8, 4) is 33.4 Å². The second-order valence-corrected chi connectivity index (χ2v) is 14.0. The molecule has 8 aromatic carbocycles. The van der Waals surface area contributed by atoms with Crippen molar-refractivity contribution in [1.29, 1.82) is 0 Å². The lowest BCUT2D eigenvalue weighted by molar-refractivity contribution is 0.666. The van der Waals surface area contributed by atoms with E-state index >= 15 is 0 Å². The molecular weight excluding hydrogens is 597 g/mol. The molecule has 0 saturated carbocycles. The van der Waals surface area contributed by atoms with Crippen molar-refractivity contribution >= 4 is 65.4 Å². The average molecular weight is 627 g/mol. The van der Waals surface area contributed by atoms with Crippen LogP contribution in [-0.4, -0.2) is 0 Å². The van der Waals surface area contributed by atoms with E-state index in [0.717, 1.165) is 43.9 Å². The minimum Gasteiger partial charge on any atom is -0.456 e. The van der Waals surface area contributed by atoms with Gasteiger partial charge in [0.1, 0.15) is 22.3 Å². The number of hydrogen-bond acceptors (Lipinski definition) is 2. The smallest absolute Gasteiger partial charge is 0.143 e. The summed E-state index contributed by atoms with van der Waals surface area (Å²) >= 11 is 0. The van der Waals surface area contributed by atoms with Gasteiger partial charge in [0.25, 0.3) is 0 Å². The first-order valence-electron chi connectivity index (χ1n) is 17.0. The zero-order valence-electron chi connectivity index (χ0n) is 27.2. The summed E-state index contributed by atoms with van der Waals surface area (Å²) in [5, 5.41) is 9.49. The van der Waals surface area contributed by atoms with Crippen LogP contribution in [-0.2, 0) is 5.41 Å². The first-order chi connectivity index (χ1) is 24.0. The van der Waals surface area contributed by atoms with Crippen LogP contribution in [0.3, 0.4) is 0 Å². The lowest BCUT2D eigenvalue weighted by Crippen LogP contribution is -2.15. The normalized spacial score (nSPS) is 13.7. The molecule has 11 rings (SSSR count). The van der Waals surface area contributed by atoms with Gasteiger partial charge in [-0.05, 0) is 103 Å². The second kappa shape index (κ2) is 9.49. The molecule has 1 aliphatic carbocycles. The van der Waals surface area contributed by atoms with Gasteiger partial charge in [0, 0.05) is 32.3 Å². The van der Waals surface area contributed by atoms with Gasteiger partial charge in [-0.3, -0.25) is 0 Å². The lowest BCUT2D eigenvalue weighted by Gasteiger charge is -2.24. The Morgan fingerprint density at radius 2 is 1.12 bits per heavy atom. The predicted octanol–water partition coefficient (Wildman–Crippen LogP) is 13.4. The molecule has 0 radical (unpaired) electrons. The van der Waals surface area contributed by atoms with Crippen LogP contribution in [0.15, 0.2) is 154 Å². The molecule has 0 spiro atoms. The summed E-state index contributed by atoms with van der Waals surface area (Å²) in [6, 6.07) is 52.8. The van der Waals surface area contributed by atoms with Gasteiger partial charge in [-0.1, -0.05) is 117 Å². The van der Waals surface area contributed by atoms with Crippen molar-refractivity contribution in [2.24, 2.45) is 0 Å². The standard InChI is InChI=1S/C47H30O2/c1-47(2)39-15-7-5-13-34(39)44-36(29-21-23-41-38(26-29)33-12-6-8-16-40(33)48-41)24-30-19-18-28(25-37(30)45(44)47)31-14-9-17-42-43(31)35-22-20-27-10-3-4-11-32(27)46(35)49-42/h3-26H,1-2H3. The maximum Gasteiger partial charge on any atom is 0.143 e. The van der Waals surface area contributed by atoms with Crippen LogP contribution in [0.25, 0.3) is 98.8 Å². The molecule has 2 aromatic heterocycles. The summed E-state index contributed by atoms with van der Waals surface area (Å²) in [7, 11) is 0. The van der Waals surface area contributed by atoms with Crippen molar-refractivity contribution in [2.75, 3.05) is 0 Å². The Labute approximate surface area is 282 Å². The zero-order chi connectivity index (χ0) is 32.4. The number of fused-ring (bicyclic) bond motifs is 13. The minimum absolute atomic E-state index is 0.182. The van der Waals surface area contributed by atoms with E-state index in [-0.39, 0.29) is 5.41 Å². The molecule has 10 aromatic rings. The summed E-state index contributed by atoms with van der Waals surface area (Å²) < 4.78 is 12.8. The van der Waals surface area contributed by atoms with Gasteiger partial charge in [0.15, 0.2) is 0 Å². The first-order valence-corrected chi connectivity index (χ1v) is 17.0. The molecule has 0 bridgehead atoms. The fourth-order valence-corrected chi connectivity index (χ4v) is 8.79. The molecule has 0 N–H and O–H groups in total. The summed E-state index contributed by atoms with van der Waals surface area (Å²) in [5.74, 6) is 0. The van der Waals surface area contributed by atoms with Crippen LogP contribution in [0, 0.1) is 0 Å². The molecule has 49 heavy (non-hydrogen) atoms. The molecule has 2 nitrogen and oxygen atoms in total. The number of rotatable bonds is 2. The van der Waals surface area contributed by atoms with Crippen molar-refractivity contribution < 1.29 is 8.83 Å². The van der Waals surface area contributed by atoms with Crippen LogP contribution in [0.2, 0.25) is 0 Å². The maximum atomic E-state index is 6.57. The average Bonchev–Trinajstić information content (AvgIpc) is 3.79. The van der Waals surface area contributed by atoms with E-state index in [1.807, 2.05) is 12.1 Å². The lowest BCUT2D eigenvalue weighted by atomic mass is 9.78. The Morgan fingerprint density at radius 1 is 0.429 bits per heavy atom. The number of furan rings is 2. The quantitative estimate of drug-likeness (QED) is 0.191. The van der Waals surface area contributed by atoms with Gasteiger partial charge in [0.05, 0.1) is 0 Å². The third-order valence-corrected chi connectivity index (χ3v) is 11.0. The van der Waals surface area contributed by atoms with Gasteiger partial charge in [-0.2, -0.15) is 0 Å². The SMILES string of the molecule is CC1(C)c2ccccc2-c2c(-c3ccc4oc5ccccc5c4c3)cc3ccc(-c4cccc5oc6c7ccccc7ccc6c45)cc3c21. The highest BCUT2D eigenvalue weighted by molar-refractivity contribution is 6.19. The van der Waals surface area contributed by atoms with Crippen LogP contribution in [0.4, 0.5) is 0 Å². The first kappa shape index (κ1) is 26.9. The van der Waals surface area contributed by atoms with Gasteiger partial charge in [-0.15, -0.1) is 0 Å². The van der Waals surface area contributed by atoms with E-state index in [1.54, 1.807) is 0 Å². The maximum absolute atomic E-state index is 6.57. The molecule has 2 heteroatoms. The fraction of sp³-hybridized carbons (Fsp3) is 0.0638. The zero-order valence-corrected chi connectivity index (χ0v) is 27.2. The van der Waals surface area contributed by atoms with Crippen LogP contribution >= 0.6 is 0 Å². The number of benzene rings is 8. The molecule has 230 valence electrons. The molecule has 2 heterocycles. The highest BCUT2D eigenvalue weighted by Gasteiger charge is 2.38. The van der Waals surface area contributed by atoms with E-state index in [1.165, 1.54) is 66.1 Å². The largest absolute Gasteiger partial charge is 0.456 e. The summed E-state index contributed by atoms with van der Waals surface area (Å²) in [5.41, 5.74) is 13.8. The van der Waals surface area contributed by atoms with Gasteiger partial charge in [0.2, 0.25) is 0 Å². The van der Waals surface area contributed by atoms with E-state index < -0.39 is 0 Å². The number of para-hydroxylation sites is 1. The Balaban J connectivity index is 1.19. The van der Waals surface area contributed by atoms with Crippen molar-refractivity contribution in [1.82, 2.24) is 0 Å². The Hall–Kier alpha value is -6.12. The Morgan fingerprint density at radius 3 is 2.06 bits per heavy atom. The Kier molecular flexibility index (Phi) is 5.21. The molecular formula is C47H30O2. The van der Waals surface area contributed by atoms with Crippen LogP contribution < -0.4 is 0 Å². The Bertz CT molecular complexity index is 3020. The monoisotopic (exact) mass is 626 g/mol. The van der Waals surface area contributed by atoms with E-state index in [2.05, 4.69) is 147 Å². The summed E-state index contributed by atoms with van der Waals surface area (Å²) in [6.45, 7) is 4.77. The second-order valence-electron chi connectivity index (χ2n) is 14.0. The van der Waals surface area contributed by atoms with Crippen molar-refractivity contribution in [2.45, 2.75) is 19.3 Å². The molecule has 0 saturated heterocycles. The third kappa shape index (κ3) is 3.61. The third-order valence-electron chi connectivity index (χ3n) is 11.0. The molecule has 0 unspecified atom stereocenters. The van der Waals surface area contributed by atoms with E-state index in [0.29, 0.717) is 0 Å². The highest BCUT2D eigenvalue weighted by atomic mass is 16.3. The molecule has 0 fully saturated rings. The summed E-state index contributed by atoms with van der Waals surface area (Å²) in [6.07, 6.45) is 0. The van der Waals surface area contributed by atoms with Gasteiger partial charge < -0.3 is 8.83 Å². The fourth-order valence-electron chi connectivity index (χ4n) is 8.79. The van der Waals surface area contributed by atoms with Gasteiger partial charge >= 0.3 is 0 Å². The van der Waals surface area contributed by atoms with Gasteiger partial charge in [-0.25, -0.2) is 0 Å². The molecule has 1 aliphatic rings. The summed E-state index contributed by atoms with van der Waals surface area (Å²) in [4.78, 5) is 0. The number of hydrogen-bond donors (Lipinski definition) is 0. The molecule has 0 amide bonds. The predicted molar refractivity (Wildman–Crippen MR) is 204 cm³/mol. The molecule has 0 aliphatic heterocycles. The minimum atomic E-state index is -0.182. The molecule has 0 atom stereocenters. The van der Waals surface area contributed by atoms with Crippen LogP contribution in [0.5, 0.6) is 0 Å². The van der Waals surface area contributed by atoms with E-state index in [9.17, 15) is 0 Å². The van der Waals surface area contributed by atoms with E-state index in [4.69, 9.17) is 8.83 Å². The van der Waals surface area contributed by atoms with Crippen LogP contribution in [0.1, 0.15) is 25.0 Å².